The molecule has 176 valence electrons. The summed E-state index contributed by atoms with van der Waals surface area (Å²) in [5.74, 6) is -1.11. The number of rotatable bonds is 5. The minimum Gasteiger partial charge on any atom is -0.507 e. The predicted molar refractivity (Wildman–Crippen MR) is 146 cm³/mol. The molecule has 1 N–H and O–H groups in total. The molecule has 1 unspecified atom stereocenters. The van der Waals surface area contributed by atoms with Crippen molar-refractivity contribution in [3.63, 3.8) is 0 Å². The SMILES string of the molecule is CCOc1ccc(/C(O)=C2\C(=O)C(=O)N(c3nc4ccc(Cl)cc4s3)C2c2ccc(I)cc2)cc1. The molecule has 0 saturated carbocycles. The number of anilines is 1. The van der Waals surface area contributed by atoms with Crippen LogP contribution in [-0.4, -0.2) is 28.4 Å². The Morgan fingerprint density at radius 3 is 2.51 bits per heavy atom. The van der Waals surface area contributed by atoms with E-state index in [0.717, 1.165) is 8.27 Å². The van der Waals surface area contributed by atoms with E-state index >= 15 is 0 Å². The highest BCUT2D eigenvalue weighted by atomic mass is 127. The van der Waals surface area contributed by atoms with Gasteiger partial charge in [0.15, 0.2) is 5.13 Å². The minimum absolute atomic E-state index is 0.0117. The number of aliphatic hydroxyl groups excluding tert-OH is 1. The molecule has 1 aromatic heterocycles. The smallest absolute Gasteiger partial charge is 0.301 e. The molecule has 1 fully saturated rings. The average Bonchev–Trinajstić information content (AvgIpc) is 3.37. The molecule has 0 bridgehead atoms. The second-order valence-electron chi connectivity index (χ2n) is 7.79. The fraction of sp³-hybridized carbons (Fsp3) is 0.115. The summed E-state index contributed by atoms with van der Waals surface area (Å²) < 4.78 is 7.27. The number of amides is 1. The predicted octanol–water partition coefficient (Wildman–Crippen LogP) is 6.58. The van der Waals surface area contributed by atoms with E-state index in [0.29, 0.717) is 39.2 Å². The third-order valence-corrected chi connectivity index (χ3v) is 7.59. The molecular weight excluding hydrogens is 599 g/mol. The Labute approximate surface area is 224 Å². The molecule has 1 aliphatic rings. The molecular formula is C26H18ClIN2O4S. The van der Waals surface area contributed by atoms with Gasteiger partial charge in [-0.1, -0.05) is 35.1 Å². The number of fused-ring (bicyclic) bond motifs is 1. The van der Waals surface area contributed by atoms with E-state index in [1.54, 1.807) is 42.5 Å². The van der Waals surface area contributed by atoms with Gasteiger partial charge in [-0.2, -0.15) is 0 Å². The van der Waals surface area contributed by atoms with E-state index in [1.807, 2.05) is 31.2 Å². The van der Waals surface area contributed by atoms with Gasteiger partial charge >= 0.3 is 5.91 Å². The number of carbonyl (C=O) groups excluding carboxylic acids is 2. The number of thiazole rings is 1. The standard InChI is InChI=1S/C26H18ClIN2O4S/c1-2-34-18-10-5-15(6-11-18)23(31)21-22(14-3-8-17(28)9-4-14)30(25(33)24(21)32)26-29-19-12-7-16(27)13-20(19)35-26/h3-13,22,31H,2H2,1H3/b23-21+. The number of ketones is 1. The molecule has 1 atom stereocenters. The first-order chi connectivity index (χ1) is 16.9. The van der Waals surface area contributed by atoms with E-state index in [2.05, 4.69) is 27.6 Å². The zero-order valence-corrected chi connectivity index (χ0v) is 22.1. The lowest BCUT2D eigenvalue weighted by molar-refractivity contribution is -0.132. The largest absolute Gasteiger partial charge is 0.507 e. The Morgan fingerprint density at radius 1 is 1.11 bits per heavy atom. The number of hydrogen-bond acceptors (Lipinski definition) is 6. The summed E-state index contributed by atoms with van der Waals surface area (Å²) in [6.45, 7) is 2.39. The van der Waals surface area contributed by atoms with Crippen molar-refractivity contribution in [3.05, 3.63) is 92.0 Å². The molecule has 0 aliphatic carbocycles. The molecule has 1 aliphatic heterocycles. The highest BCUT2D eigenvalue weighted by Crippen LogP contribution is 2.44. The Bertz CT molecular complexity index is 1480. The number of aliphatic hydroxyl groups is 1. The number of hydrogen-bond donors (Lipinski definition) is 1. The molecule has 1 saturated heterocycles. The van der Waals surface area contributed by atoms with Gasteiger partial charge in [0.1, 0.15) is 11.5 Å². The molecule has 0 radical (unpaired) electrons. The highest BCUT2D eigenvalue weighted by molar-refractivity contribution is 14.1. The van der Waals surface area contributed by atoms with Crippen molar-refractivity contribution in [1.29, 1.82) is 0 Å². The molecule has 2 heterocycles. The third kappa shape index (κ3) is 4.41. The van der Waals surface area contributed by atoms with Crippen LogP contribution in [0.4, 0.5) is 5.13 Å². The molecule has 9 heteroatoms. The van der Waals surface area contributed by atoms with Gasteiger partial charge in [0.05, 0.1) is 28.4 Å². The highest BCUT2D eigenvalue weighted by Gasteiger charge is 2.48. The maximum absolute atomic E-state index is 13.3. The Kier molecular flexibility index (Phi) is 6.52. The van der Waals surface area contributed by atoms with Crippen LogP contribution in [-0.2, 0) is 9.59 Å². The second kappa shape index (κ2) is 9.60. The van der Waals surface area contributed by atoms with Crippen molar-refractivity contribution in [3.8, 4) is 5.75 Å². The zero-order valence-electron chi connectivity index (χ0n) is 18.4. The van der Waals surface area contributed by atoms with Crippen LogP contribution in [0.15, 0.2) is 72.3 Å². The molecule has 35 heavy (non-hydrogen) atoms. The van der Waals surface area contributed by atoms with Crippen LogP contribution in [0.2, 0.25) is 5.02 Å². The quantitative estimate of drug-likeness (QED) is 0.119. The van der Waals surface area contributed by atoms with Crippen LogP contribution >= 0.6 is 45.5 Å². The second-order valence-corrected chi connectivity index (χ2v) is 10.5. The fourth-order valence-corrected chi connectivity index (χ4v) is 5.64. The molecule has 5 rings (SSSR count). The van der Waals surface area contributed by atoms with Gasteiger partial charge in [0.2, 0.25) is 0 Å². The van der Waals surface area contributed by atoms with Crippen molar-refractivity contribution >= 4 is 78.3 Å². The first-order valence-electron chi connectivity index (χ1n) is 10.7. The summed E-state index contributed by atoms with van der Waals surface area (Å²) in [6, 6.07) is 18.7. The van der Waals surface area contributed by atoms with Crippen molar-refractivity contribution in [2.45, 2.75) is 13.0 Å². The first kappa shape index (κ1) is 23.8. The van der Waals surface area contributed by atoms with Crippen LogP contribution in [0.3, 0.4) is 0 Å². The number of Topliss-reactive ketones (excluding diaryl/α,β-unsaturated/α-hetero) is 1. The lowest BCUT2D eigenvalue weighted by Gasteiger charge is -2.23. The number of benzene rings is 3. The third-order valence-electron chi connectivity index (χ3n) is 5.61. The molecule has 4 aromatic rings. The van der Waals surface area contributed by atoms with E-state index in [4.69, 9.17) is 16.3 Å². The number of carbonyl (C=O) groups is 2. The summed E-state index contributed by atoms with van der Waals surface area (Å²) in [4.78, 5) is 32.6. The summed E-state index contributed by atoms with van der Waals surface area (Å²) in [5.41, 5.74) is 1.79. The Balaban J connectivity index is 1.68. The zero-order chi connectivity index (χ0) is 24.7. The minimum atomic E-state index is -0.838. The van der Waals surface area contributed by atoms with Crippen LogP contribution in [0.1, 0.15) is 24.1 Å². The van der Waals surface area contributed by atoms with Crippen LogP contribution in [0.25, 0.3) is 16.0 Å². The van der Waals surface area contributed by atoms with Crippen LogP contribution in [0.5, 0.6) is 5.75 Å². The van der Waals surface area contributed by atoms with Gasteiger partial charge in [-0.25, -0.2) is 4.98 Å². The molecule has 0 spiro atoms. The van der Waals surface area contributed by atoms with Gasteiger partial charge in [-0.15, -0.1) is 0 Å². The first-order valence-corrected chi connectivity index (χ1v) is 13.0. The lowest BCUT2D eigenvalue weighted by atomic mass is 9.95. The number of nitrogens with zero attached hydrogens (tertiary/aromatic N) is 2. The van der Waals surface area contributed by atoms with Crippen molar-refractivity contribution in [1.82, 2.24) is 4.98 Å². The Hall–Kier alpha value is -2.95. The van der Waals surface area contributed by atoms with E-state index in [9.17, 15) is 14.7 Å². The summed E-state index contributed by atoms with van der Waals surface area (Å²) in [7, 11) is 0. The van der Waals surface area contributed by atoms with E-state index in [1.165, 1.54) is 16.2 Å². The normalized spacial score (nSPS) is 17.3. The fourth-order valence-electron chi connectivity index (χ4n) is 4.01. The summed E-state index contributed by atoms with van der Waals surface area (Å²) in [6.07, 6.45) is 0. The molecule has 3 aromatic carbocycles. The topological polar surface area (TPSA) is 79.7 Å². The average molecular weight is 617 g/mol. The monoisotopic (exact) mass is 616 g/mol. The van der Waals surface area contributed by atoms with Crippen molar-refractivity contribution in [2.75, 3.05) is 11.5 Å². The van der Waals surface area contributed by atoms with E-state index in [-0.39, 0.29) is 11.3 Å². The maximum Gasteiger partial charge on any atom is 0.301 e. The van der Waals surface area contributed by atoms with Crippen LogP contribution in [0, 0.1) is 3.57 Å². The summed E-state index contributed by atoms with van der Waals surface area (Å²) in [5, 5.41) is 12.2. The van der Waals surface area contributed by atoms with Gasteiger partial charge in [0.25, 0.3) is 5.78 Å². The van der Waals surface area contributed by atoms with Gasteiger partial charge in [0, 0.05) is 14.2 Å². The van der Waals surface area contributed by atoms with Crippen molar-refractivity contribution in [2.24, 2.45) is 0 Å². The van der Waals surface area contributed by atoms with Gasteiger partial charge < -0.3 is 9.84 Å². The number of aromatic nitrogens is 1. The van der Waals surface area contributed by atoms with Crippen LogP contribution < -0.4 is 9.64 Å². The molecule has 6 nitrogen and oxygen atoms in total. The van der Waals surface area contributed by atoms with Crippen molar-refractivity contribution < 1.29 is 19.4 Å². The number of ether oxygens (including phenoxy) is 1. The van der Waals surface area contributed by atoms with Gasteiger partial charge in [-0.3, -0.25) is 14.5 Å². The summed E-state index contributed by atoms with van der Waals surface area (Å²) >= 11 is 9.60. The Morgan fingerprint density at radius 2 is 1.83 bits per heavy atom. The number of halogens is 2. The molecule has 1 amide bonds. The van der Waals surface area contributed by atoms with E-state index < -0.39 is 17.7 Å². The van der Waals surface area contributed by atoms with Gasteiger partial charge in [-0.05, 0) is 89.7 Å². The maximum atomic E-state index is 13.3. The lowest BCUT2D eigenvalue weighted by Crippen LogP contribution is -2.29.